The summed E-state index contributed by atoms with van der Waals surface area (Å²) in [7, 11) is 0. The van der Waals surface area contributed by atoms with Crippen molar-refractivity contribution in [2.24, 2.45) is 0 Å². The molecule has 6 heteroatoms. The van der Waals surface area contributed by atoms with Gasteiger partial charge in [-0.05, 0) is 73.5 Å². The summed E-state index contributed by atoms with van der Waals surface area (Å²) in [6.07, 6.45) is 1.86. The molecule has 1 N–H and O–H groups in total. The van der Waals surface area contributed by atoms with Crippen molar-refractivity contribution >= 4 is 11.6 Å². The van der Waals surface area contributed by atoms with Crippen LogP contribution in [-0.2, 0) is 6.54 Å². The van der Waals surface area contributed by atoms with Gasteiger partial charge < -0.3 is 10.1 Å². The Bertz CT molecular complexity index is 1170. The number of carbonyl (C=O) groups is 1. The number of aromatic nitrogens is 2. The molecule has 4 rings (SSSR count). The van der Waals surface area contributed by atoms with Gasteiger partial charge in [-0.25, -0.2) is 9.37 Å². The molecule has 0 saturated carbocycles. The fourth-order valence-corrected chi connectivity index (χ4v) is 3.12. The molecule has 0 radical (unpaired) electrons. The van der Waals surface area contributed by atoms with Gasteiger partial charge >= 0.3 is 0 Å². The SMILES string of the molecule is Cc1ccn2c(C(=O)NCc3ccc(Oc4ccc(F)cc4)cc3)c(C)nc2c1. The van der Waals surface area contributed by atoms with Crippen molar-refractivity contribution in [3.8, 4) is 11.5 Å². The number of nitrogens with one attached hydrogen (secondary N) is 1. The Balaban J connectivity index is 1.42. The van der Waals surface area contributed by atoms with Crippen LogP contribution in [-0.4, -0.2) is 15.3 Å². The van der Waals surface area contributed by atoms with Gasteiger partial charge in [0.1, 0.15) is 28.7 Å². The number of rotatable bonds is 5. The van der Waals surface area contributed by atoms with Gasteiger partial charge in [-0.2, -0.15) is 0 Å². The molecule has 1 amide bonds. The van der Waals surface area contributed by atoms with Crippen molar-refractivity contribution in [1.82, 2.24) is 14.7 Å². The number of imidazole rings is 1. The fraction of sp³-hybridized carbons (Fsp3) is 0.130. The molecule has 2 heterocycles. The number of benzene rings is 2. The summed E-state index contributed by atoms with van der Waals surface area (Å²) in [5.41, 5.74) is 4.02. The van der Waals surface area contributed by atoms with E-state index in [1.165, 1.54) is 12.1 Å². The summed E-state index contributed by atoms with van der Waals surface area (Å²) < 4.78 is 20.4. The van der Waals surface area contributed by atoms with E-state index in [4.69, 9.17) is 4.74 Å². The van der Waals surface area contributed by atoms with Crippen molar-refractivity contribution in [1.29, 1.82) is 0 Å². The maximum atomic E-state index is 13.0. The van der Waals surface area contributed by atoms with Gasteiger partial charge in [-0.3, -0.25) is 9.20 Å². The summed E-state index contributed by atoms with van der Waals surface area (Å²) in [6, 6.07) is 17.1. The van der Waals surface area contributed by atoms with Crippen molar-refractivity contribution in [2.45, 2.75) is 20.4 Å². The molecule has 2 aromatic heterocycles. The minimum Gasteiger partial charge on any atom is -0.457 e. The Labute approximate surface area is 167 Å². The van der Waals surface area contributed by atoms with Gasteiger partial charge in [-0.1, -0.05) is 12.1 Å². The van der Waals surface area contributed by atoms with E-state index in [0.29, 0.717) is 29.4 Å². The van der Waals surface area contributed by atoms with Gasteiger partial charge in [-0.15, -0.1) is 0 Å². The van der Waals surface area contributed by atoms with Crippen LogP contribution in [0.4, 0.5) is 4.39 Å². The number of aryl methyl sites for hydroxylation is 2. The Kier molecular flexibility index (Phi) is 4.99. The highest BCUT2D eigenvalue weighted by atomic mass is 19.1. The topological polar surface area (TPSA) is 55.6 Å². The number of pyridine rings is 1. The van der Waals surface area contributed by atoms with Crippen molar-refractivity contribution in [2.75, 3.05) is 0 Å². The smallest absolute Gasteiger partial charge is 0.270 e. The maximum Gasteiger partial charge on any atom is 0.270 e. The first-order valence-electron chi connectivity index (χ1n) is 9.25. The summed E-state index contributed by atoms with van der Waals surface area (Å²) in [4.78, 5) is 17.2. The summed E-state index contributed by atoms with van der Waals surface area (Å²) in [6.45, 7) is 4.21. The summed E-state index contributed by atoms with van der Waals surface area (Å²) in [5.74, 6) is 0.718. The molecular formula is C23H20FN3O2. The van der Waals surface area contributed by atoms with E-state index >= 15 is 0 Å². The van der Waals surface area contributed by atoms with Crippen LogP contribution in [0.1, 0.15) is 27.3 Å². The number of amides is 1. The Morgan fingerprint density at radius 1 is 1.03 bits per heavy atom. The quantitative estimate of drug-likeness (QED) is 0.533. The number of ether oxygens (including phenoxy) is 1. The van der Waals surface area contributed by atoms with E-state index in [1.807, 2.05) is 56.4 Å². The van der Waals surface area contributed by atoms with E-state index in [1.54, 1.807) is 16.5 Å². The largest absolute Gasteiger partial charge is 0.457 e. The summed E-state index contributed by atoms with van der Waals surface area (Å²) >= 11 is 0. The van der Waals surface area contributed by atoms with Gasteiger partial charge in [0.05, 0.1) is 5.69 Å². The van der Waals surface area contributed by atoms with Crippen LogP contribution in [0, 0.1) is 19.7 Å². The minimum absolute atomic E-state index is 0.175. The molecule has 2 aromatic carbocycles. The number of hydrogen-bond acceptors (Lipinski definition) is 3. The van der Waals surface area contributed by atoms with E-state index in [0.717, 1.165) is 16.8 Å². The molecule has 146 valence electrons. The molecule has 0 saturated heterocycles. The van der Waals surface area contributed by atoms with E-state index in [2.05, 4.69) is 10.3 Å². The number of carbonyl (C=O) groups excluding carboxylic acids is 1. The Morgan fingerprint density at radius 2 is 1.69 bits per heavy atom. The lowest BCUT2D eigenvalue weighted by molar-refractivity contribution is 0.0944. The third kappa shape index (κ3) is 4.11. The first-order chi connectivity index (χ1) is 14.0. The first kappa shape index (κ1) is 18.7. The molecule has 0 aliphatic rings. The highest BCUT2D eigenvalue weighted by Crippen LogP contribution is 2.22. The van der Waals surface area contributed by atoms with Crippen LogP contribution in [0.2, 0.25) is 0 Å². The monoisotopic (exact) mass is 389 g/mol. The van der Waals surface area contributed by atoms with E-state index in [9.17, 15) is 9.18 Å². The molecule has 0 spiro atoms. The van der Waals surface area contributed by atoms with Crippen molar-refractivity contribution in [3.05, 3.63) is 95.2 Å². The molecule has 0 unspecified atom stereocenters. The van der Waals surface area contributed by atoms with Gasteiger partial charge in [0, 0.05) is 12.7 Å². The standard InChI is InChI=1S/C23H20FN3O2/c1-15-11-12-27-21(13-15)26-16(2)22(27)23(28)25-14-17-3-7-19(8-4-17)29-20-9-5-18(24)6-10-20/h3-13H,14H2,1-2H3,(H,25,28). The maximum absolute atomic E-state index is 13.0. The second-order valence-corrected chi connectivity index (χ2v) is 6.86. The zero-order valence-electron chi connectivity index (χ0n) is 16.1. The van der Waals surface area contributed by atoms with Gasteiger partial charge in [0.15, 0.2) is 0 Å². The molecule has 29 heavy (non-hydrogen) atoms. The third-order valence-corrected chi connectivity index (χ3v) is 4.60. The van der Waals surface area contributed by atoms with Crippen LogP contribution in [0.25, 0.3) is 5.65 Å². The molecule has 0 atom stereocenters. The molecule has 0 fully saturated rings. The second kappa shape index (κ2) is 7.75. The highest BCUT2D eigenvalue weighted by Gasteiger charge is 2.16. The van der Waals surface area contributed by atoms with Crippen LogP contribution in [0.3, 0.4) is 0 Å². The number of fused-ring (bicyclic) bond motifs is 1. The fourth-order valence-electron chi connectivity index (χ4n) is 3.12. The van der Waals surface area contributed by atoms with E-state index < -0.39 is 0 Å². The lowest BCUT2D eigenvalue weighted by Crippen LogP contribution is -2.24. The van der Waals surface area contributed by atoms with Gasteiger partial charge in [0.2, 0.25) is 0 Å². The normalized spacial score (nSPS) is 10.9. The molecule has 4 aromatic rings. The third-order valence-electron chi connectivity index (χ3n) is 4.60. The average molecular weight is 389 g/mol. The van der Waals surface area contributed by atoms with Crippen LogP contribution in [0.5, 0.6) is 11.5 Å². The molecule has 0 bridgehead atoms. The van der Waals surface area contributed by atoms with Crippen LogP contribution < -0.4 is 10.1 Å². The lowest BCUT2D eigenvalue weighted by Gasteiger charge is -2.09. The van der Waals surface area contributed by atoms with E-state index in [-0.39, 0.29) is 11.7 Å². The van der Waals surface area contributed by atoms with Crippen LogP contribution >= 0.6 is 0 Å². The molecule has 0 aliphatic heterocycles. The average Bonchev–Trinajstić information content (AvgIpc) is 3.03. The predicted molar refractivity (Wildman–Crippen MR) is 109 cm³/mol. The zero-order valence-corrected chi connectivity index (χ0v) is 16.1. The lowest BCUT2D eigenvalue weighted by atomic mass is 10.2. The number of nitrogens with zero attached hydrogens (tertiary/aromatic N) is 2. The zero-order chi connectivity index (χ0) is 20.4. The highest BCUT2D eigenvalue weighted by molar-refractivity contribution is 5.94. The second-order valence-electron chi connectivity index (χ2n) is 6.86. The minimum atomic E-state index is -0.306. The van der Waals surface area contributed by atoms with Crippen molar-refractivity contribution < 1.29 is 13.9 Å². The predicted octanol–water partition coefficient (Wildman–Crippen LogP) is 4.81. The molecule has 0 aliphatic carbocycles. The first-order valence-corrected chi connectivity index (χ1v) is 9.25. The molecule has 5 nitrogen and oxygen atoms in total. The van der Waals surface area contributed by atoms with Gasteiger partial charge in [0.25, 0.3) is 5.91 Å². The van der Waals surface area contributed by atoms with Crippen molar-refractivity contribution in [3.63, 3.8) is 0 Å². The van der Waals surface area contributed by atoms with Crippen LogP contribution in [0.15, 0.2) is 66.9 Å². The summed E-state index contributed by atoms with van der Waals surface area (Å²) in [5, 5.41) is 2.94. The Morgan fingerprint density at radius 3 is 2.38 bits per heavy atom. The Hall–Kier alpha value is -3.67. The number of halogens is 1. The molecular weight excluding hydrogens is 369 g/mol. The number of hydrogen-bond donors (Lipinski definition) is 1.